The maximum absolute atomic E-state index is 9.97. The van der Waals surface area contributed by atoms with E-state index in [-0.39, 0.29) is 0 Å². The fourth-order valence-corrected chi connectivity index (χ4v) is 1.91. The highest BCUT2D eigenvalue weighted by molar-refractivity contribution is 6.18. The van der Waals surface area contributed by atoms with Gasteiger partial charge in [0.2, 0.25) is 0 Å². The molecule has 1 N–H and O–H groups in total. The van der Waals surface area contributed by atoms with Crippen LogP contribution < -0.4 is 0 Å². The third-order valence-corrected chi connectivity index (χ3v) is 2.82. The lowest BCUT2D eigenvalue weighted by molar-refractivity contribution is 0.109. The highest BCUT2D eigenvalue weighted by Crippen LogP contribution is 2.11. The van der Waals surface area contributed by atoms with Gasteiger partial charge in [0.1, 0.15) is 5.60 Å². The van der Waals surface area contributed by atoms with E-state index in [4.69, 9.17) is 23.2 Å². The molecular weight excluding hydrogens is 257 g/mol. The number of aliphatic hydroxyl groups is 1. The van der Waals surface area contributed by atoms with Crippen LogP contribution in [0.25, 0.3) is 0 Å². The van der Waals surface area contributed by atoms with Gasteiger partial charge in [-0.2, -0.15) is 0 Å². The third-order valence-electron chi connectivity index (χ3n) is 2.48. The molecule has 0 aliphatic carbocycles. The smallest absolute Gasteiger partial charge is 0.122 e. The quantitative estimate of drug-likeness (QED) is 0.546. The van der Waals surface area contributed by atoms with Crippen molar-refractivity contribution in [3.05, 3.63) is 0 Å². The molecule has 1 atom stereocenters. The average molecular weight is 280 g/mol. The van der Waals surface area contributed by atoms with Gasteiger partial charge >= 0.3 is 0 Å². The van der Waals surface area contributed by atoms with Crippen LogP contribution in [0.5, 0.6) is 0 Å². The molecule has 0 radical (unpaired) electrons. The van der Waals surface area contributed by atoms with Crippen LogP contribution in [0.1, 0.15) is 33.1 Å². The van der Waals surface area contributed by atoms with Gasteiger partial charge in [-0.15, -0.1) is 23.2 Å². The van der Waals surface area contributed by atoms with E-state index in [9.17, 15) is 5.11 Å². The van der Waals surface area contributed by atoms with Gasteiger partial charge in [-0.3, -0.25) is 4.90 Å². The third kappa shape index (κ3) is 9.73. The van der Waals surface area contributed by atoms with E-state index in [1.165, 1.54) is 0 Å². The van der Waals surface area contributed by atoms with Gasteiger partial charge in [-0.05, 0) is 19.8 Å². The average Bonchev–Trinajstić information content (AvgIpc) is 2.27. The fraction of sp³-hybridized carbons (Fsp3) is 0.846. The van der Waals surface area contributed by atoms with Gasteiger partial charge in [0.25, 0.3) is 0 Å². The fourth-order valence-electron chi connectivity index (χ4n) is 1.43. The minimum absolute atomic E-state index is 0.574. The standard InChI is InChI=1S/C13H23Cl2NO/c1-3-4-6-13(2,17)7-5-10-16(11-8-14)12-9-15/h17H,3-4,6,8-12H2,1-2H3. The molecule has 100 valence electrons. The molecule has 0 aromatic rings. The SMILES string of the molecule is CCCCC(C)(O)C#CCN(CCCl)CCCl. The lowest BCUT2D eigenvalue weighted by Gasteiger charge is -2.18. The van der Waals surface area contributed by atoms with E-state index in [1.54, 1.807) is 6.92 Å². The number of alkyl halides is 2. The first-order valence-electron chi connectivity index (χ1n) is 6.12. The van der Waals surface area contributed by atoms with Crippen molar-refractivity contribution in [3.63, 3.8) is 0 Å². The maximum atomic E-state index is 9.97. The lowest BCUT2D eigenvalue weighted by Crippen LogP contribution is -2.29. The van der Waals surface area contributed by atoms with Crippen molar-refractivity contribution in [2.45, 2.75) is 38.7 Å². The zero-order valence-electron chi connectivity index (χ0n) is 10.8. The lowest BCUT2D eigenvalue weighted by atomic mass is 10.00. The summed E-state index contributed by atoms with van der Waals surface area (Å²) in [6, 6.07) is 0. The van der Waals surface area contributed by atoms with Gasteiger partial charge in [-0.1, -0.05) is 25.2 Å². The van der Waals surface area contributed by atoms with E-state index in [1.807, 2.05) is 0 Å². The highest BCUT2D eigenvalue weighted by Gasteiger charge is 2.15. The molecule has 0 aromatic carbocycles. The maximum Gasteiger partial charge on any atom is 0.122 e. The Kier molecular flexibility index (Phi) is 10.1. The van der Waals surface area contributed by atoms with Crippen LogP contribution in [-0.2, 0) is 0 Å². The van der Waals surface area contributed by atoms with Crippen molar-refractivity contribution in [3.8, 4) is 11.8 Å². The van der Waals surface area contributed by atoms with E-state index >= 15 is 0 Å². The number of unbranched alkanes of at least 4 members (excludes halogenated alkanes) is 1. The van der Waals surface area contributed by atoms with Crippen LogP contribution in [0.15, 0.2) is 0 Å². The Morgan fingerprint density at radius 1 is 1.24 bits per heavy atom. The summed E-state index contributed by atoms with van der Waals surface area (Å²) in [6.45, 7) is 6.04. The molecule has 0 saturated carbocycles. The minimum Gasteiger partial charge on any atom is -0.378 e. The minimum atomic E-state index is -0.871. The molecule has 0 saturated heterocycles. The molecule has 2 nitrogen and oxygen atoms in total. The monoisotopic (exact) mass is 279 g/mol. The van der Waals surface area contributed by atoms with E-state index in [0.29, 0.717) is 18.3 Å². The molecule has 0 rings (SSSR count). The second kappa shape index (κ2) is 10.0. The number of hydrogen-bond acceptors (Lipinski definition) is 2. The van der Waals surface area contributed by atoms with Crippen molar-refractivity contribution < 1.29 is 5.11 Å². The summed E-state index contributed by atoms with van der Waals surface area (Å²) in [5.74, 6) is 7.08. The van der Waals surface area contributed by atoms with Crippen molar-refractivity contribution in [1.29, 1.82) is 0 Å². The molecule has 0 amide bonds. The number of nitrogens with zero attached hydrogens (tertiary/aromatic N) is 1. The largest absolute Gasteiger partial charge is 0.378 e. The van der Waals surface area contributed by atoms with Crippen molar-refractivity contribution >= 4 is 23.2 Å². The van der Waals surface area contributed by atoms with Gasteiger partial charge in [0.15, 0.2) is 0 Å². The summed E-state index contributed by atoms with van der Waals surface area (Å²) in [4.78, 5) is 2.09. The Bertz CT molecular complexity index is 240. The van der Waals surface area contributed by atoms with Crippen LogP contribution >= 0.6 is 23.2 Å². The molecule has 0 aromatic heterocycles. The molecule has 0 aliphatic rings. The molecule has 0 bridgehead atoms. The predicted molar refractivity (Wildman–Crippen MR) is 75.8 cm³/mol. The van der Waals surface area contributed by atoms with Crippen molar-refractivity contribution in [1.82, 2.24) is 4.90 Å². The summed E-state index contributed by atoms with van der Waals surface area (Å²) in [5, 5.41) is 9.97. The summed E-state index contributed by atoms with van der Waals surface area (Å²) < 4.78 is 0. The van der Waals surface area contributed by atoms with Gasteiger partial charge in [-0.25, -0.2) is 0 Å². The Balaban J connectivity index is 4.12. The topological polar surface area (TPSA) is 23.5 Å². The van der Waals surface area contributed by atoms with Gasteiger partial charge in [0, 0.05) is 24.8 Å². The predicted octanol–water partition coefficient (Wildman–Crippen LogP) is 2.71. The number of halogens is 2. The van der Waals surface area contributed by atoms with Crippen LogP contribution in [0.2, 0.25) is 0 Å². The molecule has 0 fully saturated rings. The first-order valence-corrected chi connectivity index (χ1v) is 7.19. The van der Waals surface area contributed by atoms with Crippen molar-refractivity contribution in [2.75, 3.05) is 31.4 Å². The zero-order chi connectivity index (χ0) is 13.1. The van der Waals surface area contributed by atoms with Crippen LogP contribution in [-0.4, -0.2) is 47.0 Å². The highest BCUT2D eigenvalue weighted by atomic mass is 35.5. The molecule has 0 spiro atoms. The van der Waals surface area contributed by atoms with Crippen LogP contribution in [0.4, 0.5) is 0 Å². The second-order valence-corrected chi connectivity index (χ2v) is 5.09. The summed E-state index contributed by atoms with van der Waals surface area (Å²) in [7, 11) is 0. The van der Waals surface area contributed by atoms with E-state index in [2.05, 4.69) is 23.7 Å². The molecule has 1 unspecified atom stereocenters. The Hall–Kier alpha value is 0.0600. The normalized spacial score (nSPS) is 14.2. The van der Waals surface area contributed by atoms with Crippen LogP contribution in [0.3, 0.4) is 0 Å². The first kappa shape index (κ1) is 17.1. The van der Waals surface area contributed by atoms with E-state index < -0.39 is 5.60 Å². The summed E-state index contributed by atoms with van der Waals surface area (Å²) in [5.41, 5.74) is -0.871. The Labute approximate surface area is 115 Å². The Morgan fingerprint density at radius 3 is 2.29 bits per heavy atom. The van der Waals surface area contributed by atoms with E-state index in [0.717, 1.165) is 32.4 Å². The first-order chi connectivity index (χ1) is 8.05. The van der Waals surface area contributed by atoms with Gasteiger partial charge in [0.05, 0.1) is 6.54 Å². The molecular formula is C13H23Cl2NO. The van der Waals surface area contributed by atoms with Crippen molar-refractivity contribution in [2.24, 2.45) is 0 Å². The molecule has 0 aliphatic heterocycles. The zero-order valence-corrected chi connectivity index (χ0v) is 12.3. The second-order valence-electron chi connectivity index (χ2n) is 4.33. The molecule has 17 heavy (non-hydrogen) atoms. The van der Waals surface area contributed by atoms with Gasteiger partial charge < -0.3 is 5.11 Å². The summed E-state index contributed by atoms with van der Waals surface area (Å²) >= 11 is 11.4. The number of hydrogen-bond donors (Lipinski definition) is 1. The molecule has 4 heteroatoms. The molecule has 0 heterocycles. The number of rotatable bonds is 8. The Morgan fingerprint density at radius 2 is 1.82 bits per heavy atom. The summed E-state index contributed by atoms with van der Waals surface area (Å²) in [6.07, 6.45) is 2.79. The van der Waals surface area contributed by atoms with Crippen LogP contribution in [0, 0.1) is 11.8 Å².